The Morgan fingerprint density at radius 3 is 3.00 bits per heavy atom. The fraction of sp³-hybridized carbons (Fsp3) is 0.286. The summed E-state index contributed by atoms with van der Waals surface area (Å²) >= 11 is 5.07. The SMILES string of the molecule is CC(C)Cc1[nH]nc(-c2nn3c(-c4ccco4)nnc3s2)c1Br. The topological polar surface area (TPSA) is 84.9 Å². The van der Waals surface area contributed by atoms with Gasteiger partial charge in [0.2, 0.25) is 10.8 Å². The normalized spacial score (nSPS) is 11.8. The second-order valence-electron chi connectivity index (χ2n) is 5.57. The number of hydrogen-bond donors (Lipinski definition) is 1. The molecule has 0 spiro atoms. The molecule has 0 aliphatic heterocycles. The van der Waals surface area contributed by atoms with Gasteiger partial charge in [-0.05, 0) is 40.4 Å². The Balaban J connectivity index is 1.77. The Morgan fingerprint density at radius 1 is 1.39 bits per heavy atom. The van der Waals surface area contributed by atoms with Gasteiger partial charge >= 0.3 is 0 Å². The number of H-pyrrole nitrogens is 1. The molecule has 0 aliphatic rings. The molecule has 4 rings (SSSR count). The lowest BCUT2D eigenvalue weighted by Crippen LogP contribution is -1.94. The smallest absolute Gasteiger partial charge is 0.235 e. The standard InChI is InChI=1S/C14H13BrN6OS/c1-7(2)6-8-10(15)11(17-16-8)13-20-21-12(9-4-3-5-22-9)18-19-14(21)23-13/h3-5,7H,6H2,1-2H3,(H,16,17). The highest BCUT2D eigenvalue weighted by atomic mass is 79.9. The van der Waals surface area contributed by atoms with Crippen molar-refractivity contribution in [1.29, 1.82) is 0 Å². The van der Waals surface area contributed by atoms with Crippen molar-refractivity contribution in [3.05, 3.63) is 28.6 Å². The van der Waals surface area contributed by atoms with Crippen molar-refractivity contribution in [3.63, 3.8) is 0 Å². The lowest BCUT2D eigenvalue weighted by molar-refractivity contribution is 0.575. The highest BCUT2D eigenvalue weighted by Crippen LogP contribution is 2.33. The van der Waals surface area contributed by atoms with Crippen molar-refractivity contribution in [1.82, 2.24) is 30.0 Å². The van der Waals surface area contributed by atoms with Crippen molar-refractivity contribution in [3.8, 4) is 22.3 Å². The molecule has 0 fully saturated rings. The van der Waals surface area contributed by atoms with Crippen LogP contribution in [-0.4, -0.2) is 30.0 Å². The van der Waals surface area contributed by atoms with E-state index in [0.717, 1.165) is 27.3 Å². The van der Waals surface area contributed by atoms with E-state index in [1.807, 2.05) is 12.1 Å². The van der Waals surface area contributed by atoms with Crippen LogP contribution in [-0.2, 0) is 6.42 Å². The van der Waals surface area contributed by atoms with Gasteiger partial charge in [0, 0.05) is 0 Å². The fourth-order valence-corrected chi connectivity index (χ4v) is 3.82. The van der Waals surface area contributed by atoms with Gasteiger partial charge in [-0.1, -0.05) is 25.2 Å². The second-order valence-corrected chi connectivity index (χ2v) is 7.31. The van der Waals surface area contributed by atoms with E-state index in [2.05, 4.69) is 55.3 Å². The summed E-state index contributed by atoms with van der Waals surface area (Å²) in [6.45, 7) is 4.34. The van der Waals surface area contributed by atoms with Crippen LogP contribution >= 0.6 is 27.3 Å². The summed E-state index contributed by atoms with van der Waals surface area (Å²) in [6, 6.07) is 3.65. The van der Waals surface area contributed by atoms with Crippen LogP contribution in [0.1, 0.15) is 19.5 Å². The van der Waals surface area contributed by atoms with E-state index >= 15 is 0 Å². The van der Waals surface area contributed by atoms with Gasteiger partial charge in [0.05, 0.1) is 16.4 Å². The minimum atomic E-state index is 0.544. The van der Waals surface area contributed by atoms with Gasteiger partial charge in [-0.15, -0.1) is 10.2 Å². The van der Waals surface area contributed by atoms with Crippen LogP contribution in [0.15, 0.2) is 27.3 Å². The molecule has 0 bridgehead atoms. The minimum Gasteiger partial charge on any atom is -0.461 e. The maximum atomic E-state index is 5.38. The molecule has 1 N–H and O–H groups in total. The molecular weight excluding hydrogens is 380 g/mol. The predicted octanol–water partition coefficient (Wildman–Crippen LogP) is 3.80. The van der Waals surface area contributed by atoms with Crippen LogP contribution in [0.5, 0.6) is 0 Å². The molecule has 0 amide bonds. The zero-order valence-electron chi connectivity index (χ0n) is 12.4. The summed E-state index contributed by atoms with van der Waals surface area (Å²) < 4.78 is 8.02. The lowest BCUT2D eigenvalue weighted by atomic mass is 10.1. The van der Waals surface area contributed by atoms with Crippen molar-refractivity contribution in [2.24, 2.45) is 5.92 Å². The number of rotatable bonds is 4. The van der Waals surface area contributed by atoms with Gasteiger partial charge in [0.1, 0.15) is 5.69 Å². The number of nitrogens with zero attached hydrogens (tertiary/aromatic N) is 5. The third-order valence-corrected chi connectivity index (χ3v) is 5.08. The molecule has 0 saturated carbocycles. The summed E-state index contributed by atoms with van der Waals surface area (Å²) in [7, 11) is 0. The fourth-order valence-electron chi connectivity index (χ4n) is 2.32. The molecule has 9 heteroatoms. The molecule has 0 unspecified atom stereocenters. The molecule has 0 atom stereocenters. The van der Waals surface area contributed by atoms with Crippen LogP contribution < -0.4 is 0 Å². The van der Waals surface area contributed by atoms with Crippen LogP contribution in [0.2, 0.25) is 0 Å². The van der Waals surface area contributed by atoms with Gasteiger partial charge < -0.3 is 4.42 Å². The molecule has 23 heavy (non-hydrogen) atoms. The number of fused-ring (bicyclic) bond motifs is 1. The Bertz CT molecular complexity index is 952. The Hall–Kier alpha value is -2.00. The van der Waals surface area contributed by atoms with Crippen molar-refractivity contribution in [2.75, 3.05) is 0 Å². The number of furan rings is 1. The molecule has 4 aromatic heterocycles. The largest absolute Gasteiger partial charge is 0.461 e. The first kappa shape index (κ1) is 14.6. The number of nitrogens with one attached hydrogen (secondary N) is 1. The molecule has 0 aromatic carbocycles. The molecule has 4 aromatic rings. The molecule has 0 saturated heterocycles. The minimum absolute atomic E-state index is 0.544. The van der Waals surface area contributed by atoms with E-state index in [9.17, 15) is 0 Å². The summed E-state index contributed by atoms with van der Waals surface area (Å²) in [6.07, 6.45) is 2.53. The van der Waals surface area contributed by atoms with Gasteiger partial charge in [-0.2, -0.15) is 14.7 Å². The first-order valence-electron chi connectivity index (χ1n) is 7.12. The first-order valence-corrected chi connectivity index (χ1v) is 8.73. The van der Waals surface area contributed by atoms with Gasteiger partial charge in [-0.25, -0.2) is 0 Å². The summed E-state index contributed by atoms with van der Waals surface area (Å²) in [5.41, 5.74) is 1.87. The zero-order chi connectivity index (χ0) is 16.0. The average Bonchev–Trinajstić information content (AvgIpc) is 3.23. The zero-order valence-corrected chi connectivity index (χ0v) is 14.8. The highest BCUT2D eigenvalue weighted by Gasteiger charge is 2.20. The summed E-state index contributed by atoms with van der Waals surface area (Å²) in [5, 5.41) is 21.1. The predicted molar refractivity (Wildman–Crippen MR) is 90.2 cm³/mol. The number of aromatic amines is 1. The van der Waals surface area contributed by atoms with Gasteiger partial charge in [0.15, 0.2) is 10.8 Å². The van der Waals surface area contributed by atoms with Gasteiger partial charge in [-0.3, -0.25) is 5.10 Å². The molecule has 0 radical (unpaired) electrons. The number of hydrogen-bond acceptors (Lipinski definition) is 6. The van der Waals surface area contributed by atoms with E-state index < -0.39 is 0 Å². The van der Waals surface area contributed by atoms with Crippen LogP contribution in [0.3, 0.4) is 0 Å². The number of halogens is 1. The van der Waals surface area contributed by atoms with E-state index in [1.54, 1.807) is 10.8 Å². The van der Waals surface area contributed by atoms with E-state index in [4.69, 9.17) is 4.42 Å². The second kappa shape index (κ2) is 5.57. The summed E-state index contributed by atoms with van der Waals surface area (Å²) in [5.74, 6) is 1.76. The molecule has 4 heterocycles. The Labute approximate surface area is 143 Å². The molecular formula is C14H13BrN6OS. The monoisotopic (exact) mass is 392 g/mol. The quantitative estimate of drug-likeness (QED) is 0.570. The van der Waals surface area contributed by atoms with Crippen molar-refractivity contribution in [2.45, 2.75) is 20.3 Å². The lowest BCUT2D eigenvalue weighted by Gasteiger charge is -2.01. The van der Waals surface area contributed by atoms with Crippen LogP contribution in [0, 0.1) is 5.92 Å². The molecule has 0 aliphatic carbocycles. The maximum absolute atomic E-state index is 5.38. The molecule has 118 valence electrons. The van der Waals surface area contributed by atoms with Crippen molar-refractivity contribution < 1.29 is 4.42 Å². The van der Waals surface area contributed by atoms with Crippen molar-refractivity contribution >= 4 is 32.2 Å². The van der Waals surface area contributed by atoms with E-state index in [1.165, 1.54) is 11.3 Å². The Morgan fingerprint density at radius 2 is 2.26 bits per heavy atom. The first-order chi connectivity index (χ1) is 11.1. The van der Waals surface area contributed by atoms with Crippen LogP contribution in [0.4, 0.5) is 0 Å². The van der Waals surface area contributed by atoms with Crippen LogP contribution in [0.25, 0.3) is 27.2 Å². The Kier molecular flexibility index (Phi) is 3.53. The maximum Gasteiger partial charge on any atom is 0.235 e. The number of aromatic nitrogens is 6. The molecule has 7 nitrogen and oxygen atoms in total. The third kappa shape index (κ3) is 2.49. The van der Waals surface area contributed by atoms with Gasteiger partial charge in [0.25, 0.3) is 0 Å². The summed E-state index contributed by atoms with van der Waals surface area (Å²) in [4.78, 5) is 0.701. The van der Waals surface area contributed by atoms with E-state index in [0.29, 0.717) is 22.5 Å². The van der Waals surface area contributed by atoms with E-state index in [-0.39, 0.29) is 0 Å². The average molecular weight is 393 g/mol. The third-order valence-electron chi connectivity index (χ3n) is 3.32. The highest BCUT2D eigenvalue weighted by molar-refractivity contribution is 9.10.